The molecule has 0 atom stereocenters. The summed E-state index contributed by atoms with van der Waals surface area (Å²) in [4.78, 5) is 18.3. The first kappa shape index (κ1) is 13.6. The van der Waals surface area contributed by atoms with Gasteiger partial charge in [0.2, 0.25) is 5.91 Å². The van der Waals surface area contributed by atoms with Crippen molar-refractivity contribution in [3.63, 3.8) is 0 Å². The summed E-state index contributed by atoms with van der Waals surface area (Å²) in [5, 5.41) is 5.47. The Morgan fingerprint density at radius 1 is 1.55 bits per heavy atom. The first-order valence-electron chi connectivity index (χ1n) is 6.06. The van der Waals surface area contributed by atoms with E-state index in [1.165, 1.54) is 23.9 Å². The van der Waals surface area contributed by atoms with Crippen molar-refractivity contribution in [2.45, 2.75) is 6.42 Å². The Bertz CT molecular complexity index is 632. The van der Waals surface area contributed by atoms with Crippen molar-refractivity contribution in [2.24, 2.45) is 4.99 Å². The molecular weight excluding hydrogens is 345 g/mol. The lowest BCUT2D eigenvalue weighted by Crippen LogP contribution is -2.24. The maximum absolute atomic E-state index is 13.6. The number of carbonyl (C=O) groups excluding carboxylic acids is 1. The first-order chi connectivity index (χ1) is 9.63. The van der Waals surface area contributed by atoms with E-state index in [4.69, 9.17) is 0 Å². The highest BCUT2D eigenvalue weighted by Gasteiger charge is 2.27. The Labute approximate surface area is 128 Å². The molecule has 0 saturated heterocycles. The summed E-state index contributed by atoms with van der Waals surface area (Å²) in [6.45, 7) is 1.58. The van der Waals surface area contributed by atoms with Gasteiger partial charge in [-0.3, -0.25) is 9.79 Å². The number of carbonyl (C=O) groups is 1. The number of amidine groups is 1. The molecule has 0 saturated carbocycles. The molecule has 0 aromatic heterocycles. The first-order valence-corrected chi connectivity index (χ1v) is 7.73. The topological polar surface area (TPSA) is 44.7 Å². The summed E-state index contributed by atoms with van der Waals surface area (Å²) in [5.74, 6) is -0.683. The molecule has 3 rings (SSSR count). The maximum Gasteiger partial charge on any atom is 0.230 e. The Morgan fingerprint density at radius 3 is 3.20 bits per heavy atom. The molecule has 1 amide bonds. The molecule has 2 heterocycles. The van der Waals surface area contributed by atoms with E-state index < -0.39 is 5.82 Å². The van der Waals surface area contributed by atoms with Crippen LogP contribution in [0.1, 0.15) is 6.42 Å². The van der Waals surface area contributed by atoms with Crippen molar-refractivity contribution in [1.82, 2.24) is 4.90 Å². The molecule has 20 heavy (non-hydrogen) atoms. The van der Waals surface area contributed by atoms with Gasteiger partial charge in [0, 0.05) is 16.7 Å². The van der Waals surface area contributed by atoms with E-state index in [9.17, 15) is 9.18 Å². The fourth-order valence-corrected chi connectivity index (χ4v) is 3.35. The minimum Gasteiger partial charge on any atom is -0.323 e. The van der Waals surface area contributed by atoms with Gasteiger partial charge in [-0.25, -0.2) is 4.39 Å². The zero-order valence-electron chi connectivity index (χ0n) is 10.4. The zero-order valence-corrected chi connectivity index (χ0v) is 12.8. The molecule has 1 aromatic carbocycles. The van der Waals surface area contributed by atoms with Gasteiger partial charge in [0.05, 0.1) is 18.7 Å². The molecule has 1 aromatic rings. The number of nitrogens with one attached hydrogen (secondary N) is 1. The number of benzene rings is 1. The molecular formula is C13H11BrFN3OS. The van der Waals surface area contributed by atoms with Crippen LogP contribution in [0.25, 0.3) is 0 Å². The molecule has 104 valence electrons. The highest BCUT2D eigenvalue weighted by molar-refractivity contribution is 9.10. The predicted octanol–water partition coefficient (Wildman–Crippen LogP) is 3.18. The Hall–Kier alpha value is -1.34. The van der Waals surface area contributed by atoms with Crippen molar-refractivity contribution in [1.29, 1.82) is 0 Å². The van der Waals surface area contributed by atoms with Crippen LogP contribution >= 0.6 is 27.7 Å². The average Bonchev–Trinajstić information content (AvgIpc) is 2.98. The van der Waals surface area contributed by atoms with Gasteiger partial charge in [0.25, 0.3) is 0 Å². The lowest BCUT2D eigenvalue weighted by atomic mass is 10.2. The summed E-state index contributed by atoms with van der Waals surface area (Å²) in [7, 11) is 0. The molecule has 4 nitrogen and oxygen atoms in total. The summed E-state index contributed by atoms with van der Waals surface area (Å²) >= 11 is 4.71. The highest BCUT2D eigenvalue weighted by Crippen LogP contribution is 2.31. The maximum atomic E-state index is 13.6. The largest absolute Gasteiger partial charge is 0.323 e. The van der Waals surface area contributed by atoms with Crippen molar-refractivity contribution >= 4 is 44.5 Å². The van der Waals surface area contributed by atoms with Crippen molar-refractivity contribution in [3.05, 3.63) is 39.6 Å². The van der Waals surface area contributed by atoms with Crippen LogP contribution in [0, 0.1) is 5.82 Å². The van der Waals surface area contributed by atoms with Gasteiger partial charge in [-0.1, -0.05) is 27.7 Å². The Morgan fingerprint density at radius 2 is 2.40 bits per heavy atom. The van der Waals surface area contributed by atoms with Crippen LogP contribution < -0.4 is 5.32 Å². The van der Waals surface area contributed by atoms with Gasteiger partial charge < -0.3 is 10.2 Å². The molecule has 2 aliphatic heterocycles. The van der Waals surface area contributed by atoms with Crippen LogP contribution in [-0.2, 0) is 4.79 Å². The number of hydrogen-bond donors (Lipinski definition) is 1. The standard InChI is InChI=1S/C13H11BrFN3OS/c14-8-1-2-11(10(15)5-8)17-12(19)6-9-7-20-13-16-3-4-18(9)13/h1-2,5,7H,3-4,6H2,(H,17,19). The second-order valence-electron chi connectivity index (χ2n) is 4.39. The molecule has 0 unspecified atom stereocenters. The number of anilines is 1. The monoisotopic (exact) mass is 355 g/mol. The fourth-order valence-electron chi connectivity index (χ4n) is 2.07. The number of amides is 1. The second-order valence-corrected chi connectivity index (χ2v) is 6.14. The molecule has 0 fully saturated rings. The van der Waals surface area contributed by atoms with Crippen LogP contribution in [0.15, 0.2) is 38.8 Å². The van der Waals surface area contributed by atoms with Crippen LogP contribution in [0.2, 0.25) is 0 Å². The minimum atomic E-state index is -0.453. The molecule has 0 bridgehead atoms. The number of hydrogen-bond acceptors (Lipinski definition) is 4. The molecule has 2 aliphatic rings. The van der Waals surface area contributed by atoms with E-state index in [1.54, 1.807) is 6.07 Å². The third kappa shape index (κ3) is 2.73. The smallest absolute Gasteiger partial charge is 0.230 e. The quantitative estimate of drug-likeness (QED) is 0.905. The molecule has 0 spiro atoms. The average molecular weight is 356 g/mol. The Kier molecular flexibility index (Phi) is 3.80. The third-order valence-electron chi connectivity index (χ3n) is 3.00. The molecule has 0 aliphatic carbocycles. The van der Waals surface area contributed by atoms with Gasteiger partial charge in [0.15, 0.2) is 5.17 Å². The van der Waals surface area contributed by atoms with Crippen LogP contribution in [0.4, 0.5) is 10.1 Å². The highest BCUT2D eigenvalue weighted by atomic mass is 79.9. The van der Waals surface area contributed by atoms with Gasteiger partial charge in [-0.15, -0.1) is 0 Å². The number of nitrogens with zero attached hydrogens (tertiary/aromatic N) is 2. The molecule has 7 heteroatoms. The van der Waals surface area contributed by atoms with Crippen LogP contribution in [-0.4, -0.2) is 29.1 Å². The van der Waals surface area contributed by atoms with Crippen molar-refractivity contribution in [3.8, 4) is 0 Å². The zero-order chi connectivity index (χ0) is 14.1. The third-order valence-corrected chi connectivity index (χ3v) is 4.44. The van der Waals surface area contributed by atoms with E-state index in [2.05, 4.69) is 26.2 Å². The van der Waals surface area contributed by atoms with Gasteiger partial charge in [-0.2, -0.15) is 0 Å². The van der Waals surface area contributed by atoms with E-state index in [0.717, 1.165) is 24.0 Å². The predicted molar refractivity (Wildman–Crippen MR) is 82.0 cm³/mol. The lowest BCUT2D eigenvalue weighted by molar-refractivity contribution is -0.115. The van der Waals surface area contributed by atoms with Crippen LogP contribution in [0.3, 0.4) is 0 Å². The van der Waals surface area contributed by atoms with E-state index in [-0.39, 0.29) is 18.0 Å². The summed E-state index contributed by atoms with van der Waals surface area (Å²) in [6.07, 6.45) is 0.224. The molecule has 0 radical (unpaired) electrons. The van der Waals surface area contributed by atoms with Gasteiger partial charge in [0.1, 0.15) is 5.82 Å². The van der Waals surface area contributed by atoms with Crippen LogP contribution in [0.5, 0.6) is 0 Å². The number of thioether (sulfide) groups is 1. The minimum absolute atomic E-state index is 0.194. The summed E-state index contributed by atoms with van der Waals surface area (Å²) in [5.41, 5.74) is 1.11. The summed E-state index contributed by atoms with van der Waals surface area (Å²) in [6, 6.07) is 4.55. The number of fused-ring (bicyclic) bond motifs is 1. The number of rotatable bonds is 3. The van der Waals surface area contributed by atoms with Crippen molar-refractivity contribution in [2.75, 3.05) is 18.4 Å². The molecule has 1 N–H and O–H groups in total. The normalized spacial score (nSPS) is 16.8. The van der Waals surface area contributed by atoms with E-state index in [1.807, 2.05) is 10.3 Å². The van der Waals surface area contributed by atoms with E-state index in [0.29, 0.717) is 4.47 Å². The number of halogens is 2. The number of aliphatic imine (C=N–C) groups is 1. The van der Waals surface area contributed by atoms with E-state index >= 15 is 0 Å². The SMILES string of the molecule is O=C(CC1=CSC2=NCCN12)Nc1ccc(Br)cc1F. The van der Waals surface area contributed by atoms with Gasteiger partial charge >= 0.3 is 0 Å². The summed E-state index contributed by atoms with van der Waals surface area (Å²) < 4.78 is 14.3. The van der Waals surface area contributed by atoms with Crippen molar-refractivity contribution < 1.29 is 9.18 Å². The Balaban J connectivity index is 1.64. The fraction of sp³-hybridized carbons (Fsp3) is 0.231. The second kappa shape index (κ2) is 5.57. The lowest BCUT2D eigenvalue weighted by Gasteiger charge is -2.16. The van der Waals surface area contributed by atoms with Gasteiger partial charge in [-0.05, 0) is 23.6 Å².